The number of benzene rings is 2. The zero-order valence-corrected chi connectivity index (χ0v) is 13.6. The largest absolute Gasteiger partial charge is 0.309 e. The van der Waals surface area contributed by atoms with Gasteiger partial charge in [-0.3, -0.25) is 0 Å². The Morgan fingerprint density at radius 2 is 1.90 bits per heavy atom. The number of nitrogens with one attached hydrogen (secondary N) is 1. The highest BCUT2D eigenvalue weighted by Crippen LogP contribution is 2.25. The van der Waals surface area contributed by atoms with Crippen molar-refractivity contribution in [2.45, 2.75) is 32.7 Å². The van der Waals surface area contributed by atoms with Gasteiger partial charge < -0.3 is 5.32 Å². The number of rotatable bonds is 5. The van der Waals surface area contributed by atoms with E-state index in [9.17, 15) is 0 Å². The molecule has 0 aliphatic heterocycles. The van der Waals surface area contributed by atoms with Gasteiger partial charge >= 0.3 is 0 Å². The number of hydrogen-bond acceptors (Lipinski definition) is 1. The SMILES string of the molecule is CC#CCC(NCCC)c1ccc2cc(Br)ccc2c1. The van der Waals surface area contributed by atoms with Crippen molar-refractivity contribution in [3.63, 3.8) is 0 Å². The Morgan fingerprint density at radius 1 is 1.15 bits per heavy atom. The second-order valence-corrected chi connectivity index (χ2v) is 5.80. The van der Waals surface area contributed by atoms with Crippen LogP contribution in [0.25, 0.3) is 10.8 Å². The second-order valence-electron chi connectivity index (χ2n) is 4.89. The summed E-state index contributed by atoms with van der Waals surface area (Å²) in [4.78, 5) is 0. The summed E-state index contributed by atoms with van der Waals surface area (Å²) < 4.78 is 1.12. The molecule has 1 unspecified atom stereocenters. The highest BCUT2D eigenvalue weighted by atomic mass is 79.9. The minimum absolute atomic E-state index is 0.315. The van der Waals surface area contributed by atoms with E-state index in [4.69, 9.17) is 0 Å². The lowest BCUT2D eigenvalue weighted by Gasteiger charge is -2.17. The fraction of sp³-hybridized carbons (Fsp3) is 0.333. The molecule has 2 aromatic rings. The summed E-state index contributed by atoms with van der Waals surface area (Å²) >= 11 is 3.52. The molecule has 20 heavy (non-hydrogen) atoms. The monoisotopic (exact) mass is 329 g/mol. The molecule has 104 valence electrons. The Morgan fingerprint density at radius 3 is 2.65 bits per heavy atom. The summed E-state index contributed by atoms with van der Waals surface area (Å²) in [7, 11) is 0. The topological polar surface area (TPSA) is 12.0 Å². The van der Waals surface area contributed by atoms with Crippen LogP contribution in [0.5, 0.6) is 0 Å². The van der Waals surface area contributed by atoms with Gasteiger partial charge in [0.1, 0.15) is 0 Å². The molecule has 0 saturated heterocycles. The first-order chi connectivity index (χ1) is 9.74. The van der Waals surface area contributed by atoms with Gasteiger partial charge in [-0.05, 0) is 54.4 Å². The molecule has 1 nitrogen and oxygen atoms in total. The second kappa shape index (κ2) is 7.47. The van der Waals surface area contributed by atoms with Gasteiger partial charge in [-0.1, -0.05) is 41.1 Å². The van der Waals surface area contributed by atoms with Gasteiger partial charge in [-0.2, -0.15) is 0 Å². The molecule has 2 heteroatoms. The maximum atomic E-state index is 3.58. The van der Waals surface area contributed by atoms with Crippen LogP contribution < -0.4 is 5.32 Å². The Bertz CT molecular complexity index is 637. The first kappa shape index (κ1) is 15.1. The Kier molecular flexibility index (Phi) is 5.64. The van der Waals surface area contributed by atoms with E-state index in [0.717, 1.165) is 23.9 Å². The van der Waals surface area contributed by atoms with Crippen LogP contribution in [0.2, 0.25) is 0 Å². The van der Waals surface area contributed by atoms with E-state index in [0.29, 0.717) is 6.04 Å². The summed E-state index contributed by atoms with van der Waals surface area (Å²) in [5.74, 6) is 6.19. The molecule has 0 heterocycles. The molecule has 0 aliphatic rings. The normalized spacial score (nSPS) is 11.9. The average molecular weight is 330 g/mol. The molecular weight excluding hydrogens is 310 g/mol. The molecule has 0 fully saturated rings. The van der Waals surface area contributed by atoms with E-state index in [-0.39, 0.29) is 0 Å². The van der Waals surface area contributed by atoms with Gasteiger partial charge in [0.25, 0.3) is 0 Å². The maximum Gasteiger partial charge on any atom is 0.0431 e. The maximum absolute atomic E-state index is 3.58. The van der Waals surface area contributed by atoms with Crippen LogP contribution in [0.1, 0.15) is 38.3 Å². The fourth-order valence-corrected chi connectivity index (χ4v) is 2.66. The van der Waals surface area contributed by atoms with Crippen molar-refractivity contribution in [2.75, 3.05) is 6.54 Å². The zero-order valence-electron chi connectivity index (χ0n) is 12.0. The molecule has 0 spiro atoms. The van der Waals surface area contributed by atoms with Crippen LogP contribution in [-0.4, -0.2) is 6.54 Å². The average Bonchev–Trinajstić information content (AvgIpc) is 2.47. The van der Waals surface area contributed by atoms with E-state index in [1.54, 1.807) is 0 Å². The van der Waals surface area contributed by atoms with Crippen LogP contribution >= 0.6 is 15.9 Å². The van der Waals surface area contributed by atoms with E-state index in [1.165, 1.54) is 16.3 Å². The summed E-state index contributed by atoms with van der Waals surface area (Å²) in [6.07, 6.45) is 2.00. The highest BCUT2D eigenvalue weighted by molar-refractivity contribution is 9.10. The molecule has 2 aromatic carbocycles. The van der Waals surface area contributed by atoms with Crippen LogP contribution in [0.15, 0.2) is 40.9 Å². The van der Waals surface area contributed by atoms with Crippen molar-refractivity contribution in [2.24, 2.45) is 0 Å². The summed E-state index contributed by atoms with van der Waals surface area (Å²) in [5.41, 5.74) is 1.32. The van der Waals surface area contributed by atoms with Crippen molar-refractivity contribution in [1.29, 1.82) is 0 Å². The predicted octanol–water partition coefficient (Wildman–Crippen LogP) is 5.06. The predicted molar refractivity (Wildman–Crippen MR) is 90.7 cm³/mol. The lowest BCUT2D eigenvalue weighted by Crippen LogP contribution is -2.21. The van der Waals surface area contributed by atoms with E-state index < -0.39 is 0 Å². The van der Waals surface area contributed by atoms with Gasteiger partial charge in [-0.15, -0.1) is 11.8 Å². The minimum Gasteiger partial charge on any atom is -0.309 e. The molecule has 0 amide bonds. The number of fused-ring (bicyclic) bond motifs is 1. The molecule has 1 N–H and O–H groups in total. The van der Waals surface area contributed by atoms with Crippen molar-refractivity contribution in [3.8, 4) is 11.8 Å². The number of hydrogen-bond donors (Lipinski definition) is 1. The van der Waals surface area contributed by atoms with Crippen LogP contribution in [-0.2, 0) is 0 Å². The lowest BCUT2D eigenvalue weighted by molar-refractivity contribution is 0.543. The molecule has 2 rings (SSSR count). The fourth-order valence-electron chi connectivity index (χ4n) is 2.28. The first-order valence-corrected chi connectivity index (χ1v) is 7.86. The quantitative estimate of drug-likeness (QED) is 0.756. The van der Waals surface area contributed by atoms with Gasteiger partial charge in [0.05, 0.1) is 0 Å². The standard InChI is InChI=1S/C18H20BrN/c1-3-5-6-18(20-11-4-2)16-8-7-15-13-17(19)10-9-14(15)12-16/h7-10,12-13,18,20H,4,6,11H2,1-2H3. The van der Waals surface area contributed by atoms with Gasteiger partial charge in [-0.25, -0.2) is 0 Å². The van der Waals surface area contributed by atoms with E-state index in [1.807, 2.05) is 6.92 Å². The van der Waals surface area contributed by atoms with E-state index >= 15 is 0 Å². The third-order valence-corrected chi connectivity index (χ3v) is 3.85. The summed E-state index contributed by atoms with van der Waals surface area (Å²) in [6.45, 7) is 5.11. The Balaban J connectivity index is 2.31. The molecule has 0 bridgehead atoms. The third-order valence-electron chi connectivity index (χ3n) is 3.35. The highest BCUT2D eigenvalue weighted by Gasteiger charge is 2.09. The molecule has 0 aliphatic carbocycles. The van der Waals surface area contributed by atoms with Crippen LogP contribution in [0.3, 0.4) is 0 Å². The van der Waals surface area contributed by atoms with Gasteiger partial charge in [0, 0.05) is 16.9 Å². The number of halogens is 1. The smallest absolute Gasteiger partial charge is 0.0431 e. The minimum atomic E-state index is 0.315. The van der Waals surface area contributed by atoms with Crippen molar-refractivity contribution in [1.82, 2.24) is 5.32 Å². The zero-order chi connectivity index (χ0) is 14.4. The van der Waals surface area contributed by atoms with E-state index in [2.05, 4.69) is 76.4 Å². The molecule has 0 aromatic heterocycles. The third kappa shape index (κ3) is 3.85. The van der Waals surface area contributed by atoms with Gasteiger partial charge in [0.2, 0.25) is 0 Å². The first-order valence-electron chi connectivity index (χ1n) is 7.06. The summed E-state index contributed by atoms with van der Waals surface area (Å²) in [6, 6.07) is 13.4. The van der Waals surface area contributed by atoms with Crippen molar-refractivity contribution in [3.05, 3.63) is 46.4 Å². The Hall–Kier alpha value is -1.30. The lowest BCUT2D eigenvalue weighted by atomic mass is 9.99. The van der Waals surface area contributed by atoms with Crippen LogP contribution in [0, 0.1) is 11.8 Å². The molecule has 1 atom stereocenters. The molecular formula is C18H20BrN. The van der Waals surface area contributed by atoms with Crippen LogP contribution in [0.4, 0.5) is 0 Å². The molecule has 0 radical (unpaired) electrons. The van der Waals surface area contributed by atoms with Gasteiger partial charge in [0.15, 0.2) is 0 Å². The molecule has 0 saturated carbocycles. The Labute approximate surface area is 129 Å². The van der Waals surface area contributed by atoms with Crippen molar-refractivity contribution >= 4 is 26.7 Å². The summed E-state index contributed by atoms with van der Waals surface area (Å²) in [5, 5.41) is 6.12. The van der Waals surface area contributed by atoms with Crippen molar-refractivity contribution < 1.29 is 0 Å².